The smallest absolute Gasteiger partial charge is 0.306 e. The van der Waals surface area contributed by atoms with Gasteiger partial charge >= 0.3 is 11.9 Å². The molecule has 11 atom stereocenters. The molecule has 0 amide bonds. The highest BCUT2D eigenvalue weighted by atomic mass is 16.7. The Bertz CT molecular complexity index is 1320. The third-order valence-electron chi connectivity index (χ3n) is 11.6. The van der Waals surface area contributed by atoms with Gasteiger partial charge in [-0.15, -0.1) is 0 Å². The molecule has 0 spiro atoms. The van der Waals surface area contributed by atoms with E-state index < -0.39 is 92.7 Å². The van der Waals surface area contributed by atoms with Gasteiger partial charge in [0.25, 0.3) is 0 Å². The Kier molecular flexibility index (Phi) is 33.7. The number of aliphatic hydroxyl groups excluding tert-OH is 7. The van der Waals surface area contributed by atoms with Crippen LogP contribution in [0, 0.1) is 0 Å². The van der Waals surface area contributed by atoms with Crippen molar-refractivity contribution in [3.63, 3.8) is 0 Å². The standard InChI is InChI=1S/C50H86O15/c1-3-5-7-9-11-13-14-15-16-17-18-19-20-21-22-23-24-25-27-29-31-33-42(53)63-38(35-60-41(52)32-30-28-26-12-10-8-6-4-2)36-61-49-48(59)46(57)44(55)40(65-49)37-62-50-47(58)45(56)43(54)39(34-51)64-50/h5,7,11,13,15-16,18-19,38-40,43-51,54-59H,3-4,6,8-10,12,14,17,20-37H2,1-2H3/b7-5-,13-11-,16-15-,19-18-. The molecule has 15 nitrogen and oxygen atoms in total. The second-order valence-corrected chi connectivity index (χ2v) is 17.3. The van der Waals surface area contributed by atoms with Crippen LogP contribution in [0.1, 0.15) is 162 Å². The average Bonchev–Trinajstić information content (AvgIpc) is 3.30. The molecule has 2 fully saturated rings. The number of aliphatic hydroxyl groups is 7. The molecule has 2 saturated heterocycles. The summed E-state index contributed by atoms with van der Waals surface area (Å²) in [7, 11) is 0. The highest BCUT2D eigenvalue weighted by Crippen LogP contribution is 2.26. The van der Waals surface area contributed by atoms with Crippen LogP contribution in [0.25, 0.3) is 0 Å². The number of rotatable bonds is 37. The van der Waals surface area contributed by atoms with E-state index in [9.17, 15) is 45.3 Å². The summed E-state index contributed by atoms with van der Waals surface area (Å²) in [6.07, 6.45) is 23.1. The van der Waals surface area contributed by atoms with Gasteiger partial charge in [-0.05, 0) is 51.4 Å². The fourth-order valence-corrected chi connectivity index (χ4v) is 7.50. The molecule has 0 aromatic carbocycles. The molecule has 0 saturated carbocycles. The van der Waals surface area contributed by atoms with Crippen LogP contribution in [-0.2, 0) is 38.0 Å². The molecule has 2 aliphatic rings. The number of carbonyl (C=O) groups excluding carboxylic acids is 2. The number of esters is 2. The maximum atomic E-state index is 13.0. The van der Waals surface area contributed by atoms with E-state index >= 15 is 0 Å². The summed E-state index contributed by atoms with van der Waals surface area (Å²) >= 11 is 0. The predicted octanol–water partition coefficient (Wildman–Crippen LogP) is 6.32. The van der Waals surface area contributed by atoms with Crippen LogP contribution in [0.15, 0.2) is 48.6 Å². The summed E-state index contributed by atoms with van der Waals surface area (Å²) in [6, 6.07) is 0. The lowest BCUT2D eigenvalue weighted by Crippen LogP contribution is -2.61. The lowest BCUT2D eigenvalue weighted by molar-refractivity contribution is -0.332. The minimum Gasteiger partial charge on any atom is -0.462 e. The summed E-state index contributed by atoms with van der Waals surface area (Å²) in [5.74, 6) is -0.940. The minimum atomic E-state index is -1.77. The van der Waals surface area contributed by atoms with Gasteiger partial charge in [0.1, 0.15) is 55.4 Å². The van der Waals surface area contributed by atoms with Crippen molar-refractivity contribution >= 4 is 11.9 Å². The van der Waals surface area contributed by atoms with E-state index in [4.69, 9.17) is 28.4 Å². The Labute approximate surface area is 388 Å². The first-order valence-electron chi connectivity index (χ1n) is 24.7. The van der Waals surface area contributed by atoms with E-state index in [-0.39, 0.29) is 26.1 Å². The van der Waals surface area contributed by atoms with Crippen molar-refractivity contribution in [1.82, 2.24) is 0 Å². The Morgan fingerprint density at radius 3 is 1.52 bits per heavy atom. The SMILES string of the molecule is CC/C=C\C/C=C\C/C=C\C/C=C\CCCCCCCCCCC(=O)OC(COC(=O)CCCCCCCCCC)COC1OC(COC2OC(CO)C(O)C(O)C2O)C(O)C(O)C1O. The summed E-state index contributed by atoms with van der Waals surface area (Å²) < 4.78 is 33.5. The van der Waals surface area contributed by atoms with Crippen LogP contribution >= 0.6 is 0 Å². The van der Waals surface area contributed by atoms with Gasteiger partial charge in [0.05, 0.1) is 19.8 Å². The lowest BCUT2D eigenvalue weighted by atomic mass is 9.98. The van der Waals surface area contributed by atoms with Gasteiger partial charge in [0, 0.05) is 12.8 Å². The first kappa shape index (κ1) is 58.6. The molecule has 2 aliphatic heterocycles. The van der Waals surface area contributed by atoms with Gasteiger partial charge in [-0.25, -0.2) is 0 Å². The van der Waals surface area contributed by atoms with Gasteiger partial charge in [-0.3, -0.25) is 9.59 Å². The van der Waals surface area contributed by atoms with E-state index in [1.165, 1.54) is 44.9 Å². The maximum Gasteiger partial charge on any atom is 0.306 e. The zero-order valence-electron chi connectivity index (χ0n) is 39.5. The van der Waals surface area contributed by atoms with Crippen molar-refractivity contribution in [1.29, 1.82) is 0 Å². The molecule has 0 bridgehead atoms. The third kappa shape index (κ3) is 26.0. The topological polar surface area (TPSA) is 231 Å². The minimum absolute atomic E-state index is 0.155. The molecule has 65 heavy (non-hydrogen) atoms. The number of hydrogen-bond acceptors (Lipinski definition) is 15. The number of hydrogen-bond donors (Lipinski definition) is 7. The summed E-state index contributed by atoms with van der Waals surface area (Å²) in [5.41, 5.74) is 0. The summed E-state index contributed by atoms with van der Waals surface area (Å²) in [4.78, 5) is 25.6. The first-order valence-corrected chi connectivity index (χ1v) is 24.7. The Balaban J connectivity index is 1.78. The molecule has 376 valence electrons. The van der Waals surface area contributed by atoms with E-state index in [2.05, 4.69) is 62.5 Å². The molecule has 0 aliphatic carbocycles. The largest absolute Gasteiger partial charge is 0.462 e. The molecule has 2 rings (SSSR count). The first-order chi connectivity index (χ1) is 31.5. The van der Waals surface area contributed by atoms with Crippen molar-refractivity contribution in [3.05, 3.63) is 48.6 Å². The second kappa shape index (κ2) is 37.4. The van der Waals surface area contributed by atoms with Gasteiger partial charge in [0.2, 0.25) is 0 Å². The number of carbonyl (C=O) groups is 2. The zero-order valence-corrected chi connectivity index (χ0v) is 39.5. The predicted molar refractivity (Wildman–Crippen MR) is 247 cm³/mol. The van der Waals surface area contributed by atoms with E-state index in [1.54, 1.807) is 0 Å². The van der Waals surface area contributed by atoms with E-state index in [0.29, 0.717) is 12.8 Å². The average molecular weight is 927 g/mol. The third-order valence-corrected chi connectivity index (χ3v) is 11.6. The maximum absolute atomic E-state index is 13.0. The molecule has 11 unspecified atom stereocenters. The molecule has 0 aromatic rings. The van der Waals surface area contributed by atoms with Crippen molar-refractivity contribution in [2.75, 3.05) is 26.4 Å². The van der Waals surface area contributed by atoms with Gasteiger partial charge in [0.15, 0.2) is 18.7 Å². The Hall–Kier alpha value is -2.54. The number of ether oxygens (including phenoxy) is 6. The van der Waals surface area contributed by atoms with Crippen LogP contribution in [-0.4, -0.2) is 142 Å². The fraction of sp³-hybridized carbons (Fsp3) is 0.800. The fourth-order valence-electron chi connectivity index (χ4n) is 7.50. The highest BCUT2D eigenvalue weighted by Gasteiger charge is 2.47. The van der Waals surface area contributed by atoms with Crippen molar-refractivity contribution in [2.24, 2.45) is 0 Å². The zero-order chi connectivity index (χ0) is 47.5. The summed E-state index contributed by atoms with van der Waals surface area (Å²) in [5, 5.41) is 71.9. The monoisotopic (exact) mass is 927 g/mol. The van der Waals surface area contributed by atoms with E-state index in [1.807, 2.05) is 0 Å². The van der Waals surface area contributed by atoms with Crippen molar-refractivity contribution in [2.45, 2.75) is 229 Å². The van der Waals surface area contributed by atoms with Crippen molar-refractivity contribution < 1.29 is 73.8 Å². The van der Waals surface area contributed by atoms with Crippen LogP contribution in [0.4, 0.5) is 0 Å². The molecule has 0 radical (unpaired) electrons. The van der Waals surface area contributed by atoms with Gasteiger partial charge in [-0.2, -0.15) is 0 Å². The van der Waals surface area contributed by atoms with Crippen LogP contribution < -0.4 is 0 Å². The second-order valence-electron chi connectivity index (χ2n) is 17.3. The molecular formula is C50H86O15. The lowest BCUT2D eigenvalue weighted by Gasteiger charge is -2.42. The molecular weight excluding hydrogens is 841 g/mol. The Morgan fingerprint density at radius 2 is 0.969 bits per heavy atom. The van der Waals surface area contributed by atoms with Gasteiger partial charge < -0.3 is 64.2 Å². The molecule has 2 heterocycles. The number of unbranched alkanes of at least 4 members (excludes halogenated alkanes) is 15. The molecule has 15 heteroatoms. The quantitative estimate of drug-likeness (QED) is 0.0205. The van der Waals surface area contributed by atoms with Crippen molar-refractivity contribution in [3.8, 4) is 0 Å². The molecule has 0 aromatic heterocycles. The van der Waals surface area contributed by atoms with Crippen LogP contribution in [0.2, 0.25) is 0 Å². The summed E-state index contributed by atoms with van der Waals surface area (Å²) in [6.45, 7) is 2.42. The van der Waals surface area contributed by atoms with Crippen LogP contribution in [0.5, 0.6) is 0 Å². The highest BCUT2D eigenvalue weighted by molar-refractivity contribution is 5.70. The normalized spacial score (nSPS) is 26.8. The van der Waals surface area contributed by atoms with Gasteiger partial charge in [-0.1, -0.05) is 146 Å². The van der Waals surface area contributed by atoms with Crippen LogP contribution in [0.3, 0.4) is 0 Å². The Morgan fingerprint density at radius 1 is 0.508 bits per heavy atom. The number of allylic oxidation sites excluding steroid dienone is 8. The van der Waals surface area contributed by atoms with E-state index in [0.717, 1.165) is 77.0 Å². The molecule has 7 N–H and O–H groups in total.